The molecular weight excluding hydrogens is 272 g/mol. The van der Waals surface area contributed by atoms with E-state index in [-0.39, 0.29) is 11.8 Å². The fourth-order valence-electron chi connectivity index (χ4n) is 2.02. The van der Waals surface area contributed by atoms with E-state index in [1.807, 2.05) is 0 Å². The summed E-state index contributed by atoms with van der Waals surface area (Å²) in [5, 5.41) is 14.1. The largest absolute Gasteiger partial charge is 0.480 e. The highest BCUT2D eigenvalue weighted by Gasteiger charge is 2.38. The number of aliphatic carboxylic acids is 1. The second kappa shape index (κ2) is 6.39. The third kappa shape index (κ3) is 4.05. The predicted molar refractivity (Wildman–Crippen MR) is 75.7 cm³/mol. The molecule has 0 aromatic heterocycles. The molecule has 1 fully saturated rings. The quantitative estimate of drug-likeness (QED) is 0.721. The second-order valence-electron chi connectivity index (χ2n) is 5.22. The molecule has 2 atom stereocenters. The molecular formula is C15H18N2O4. The Balaban J connectivity index is 1.90. The van der Waals surface area contributed by atoms with Gasteiger partial charge in [0.05, 0.1) is 0 Å². The fraction of sp³-hybridized carbons (Fsp3) is 0.400. The van der Waals surface area contributed by atoms with Crippen molar-refractivity contribution in [2.45, 2.75) is 31.8 Å². The van der Waals surface area contributed by atoms with Gasteiger partial charge in [-0.15, -0.1) is 0 Å². The van der Waals surface area contributed by atoms with E-state index in [9.17, 15) is 14.4 Å². The van der Waals surface area contributed by atoms with E-state index in [0.717, 1.165) is 12.8 Å². The van der Waals surface area contributed by atoms with E-state index < -0.39 is 24.0 Å². The summed E-state index contributed by atoms with van der Waals surface area (Å²) >= 11 is 0. The van der Waals surface area contributed by atoms with Crippen LogP contribution < -0.4 is 10.6 Å². The van der Waals surface area contributed by atoms with Crippen molar-refractivity contribution in [3.63, 3.8) is 0 Å². The molecule has 0 bridgehead atoms. The lowest BCUT2D eigenvalue weighted by molar-refractivity contribution is -0.142. The zero-order chi connectivity index (χ0) is 15.4. The van der Waals surface area contributed by atoms with Crippen LogP contribution in [0.15, 0.2) is 30.3 Å². The summed E-state index contributed by atoms with van der Waals surface area (Å²) in [6, 6.07) is 6.88. The van der Waals surface area contributed by atoms with Crippen LogP contribution in [-0.4, -0.2) is 35.0 Å². The SMILES string of the molecule is CC(NC(=O)c1ccccc1)C(=O)NC(C(=O)O)C1CC1. The maximum atomic E-state index is 12.0. The average Bonchev–Trinajstić information content (AvgIpc) is 3.29. The first-order valence-corrected chi connectivity index (χ1v) is 6.88. The Morgan fingerprint density at radius 1 is 1.14 bits per heavy atom. The molecule has 2 unspecified atom stereocenters. The molecule has 1 aliphatic rings. The van der Waals surface area contributed by atoms with Gasteiger partial charge in [0, 0.05) is 5.56 Å². The van der Waals surface area contributed by atoms with Crippen LogP contribution in [0.5, 0.6) is 0 Å². The van der Waals surface area contributed by atoms with Crippen LogP contribution in [0.25, 0.3) is 0 Å². The van der Waals surface area contributed by atoms with Gasteiger partial charge >= 0.3 is 5.97 Å². The van der Waals surface area contributed by atoms with Crippen LogP contribution in [0, 0.1) is 5.92 Å². The standard InChI is InChI=1S/C15H18N2O4/c1-9(16-14(19)11-5-3-2-4-6-11)13(18)17-12(15(20)21)10-7-8-10/h2-6,9-10,12H,7-8H2,1H3,(H,16,19)(H,17,18)(H,20,21). The predicted octanol–water partition coefficient (Wildman–Crippen LogP) is 0.784. The highest BCUT2D eigenvalue weighted by molar-refractivity contribution is 5.97. The van der Waals surface area contributed by atoms with Crippen molar-refractivity contribution in [1.82, 2.24) is 10.6 Å². The summed E-state index contributed by atoms with van der Waals surface area (Å²) < 4.78 is 0. The maximum absolute atomic E-state index is 12.0. The van der Waals surface area contributed by atoms with Crippen LogP contribution in [0.4, 0.5) is 0 Å². The number of carbonyl (C=O) groups excluding carboxylic acids is 2. The molecule has 0 radical (unpaired) electrons. The number of benzene rings is 1. The Labute approximate surface area is 122 Å². The average molecular weight is 290 g/mol. The third-order valence-electron chi connectivity index (χ3n) is 3.43. The minimum absolute atomic E-state index is 0.00322. The molecule has 1 aliphatic carbocycles. The van der Waals surface area contributed by atoms with Gasteiger partial charge < -0.3 is 15.7 Å². The van der Waals surface area contributed by atoms with Gasteiger partial charge in [0.1, 0.15) is 12.1 Å². The summed E-state index contributed by atoms with van der Waals surface area (Å²) in [5.74, 6) is -1.88. The molecule has 1 saturated carbocycles. The van der Waals surface area contributed by atoms with Gasteiger partial charge in [-0.2, -0.15) is 0 Å². The molecule has 3 N–H and O–H groups in total. The number of rotatable bonds is 6. The molecule has 0 spiro atoms. The number of hydrogen-bond donors (Lipinski definition) is 3. The van der Waals surface area contributed by atoms with Crippen molar-refractivity contribution in [3.05, 3.63) is 35.9 Å². The highest BCUT2D eigenvalue weighted by Crippen LogP contribution is 2.32. The summed E-state index contributed by atoms with van der Waals surface area (Å²) in [6.45, 7) is 1.53. The number of carboxylic acid groups (broad SMARTS) is 1. The van der Waals surface area contributed by atoms with Crippen molar-refractivity contribution in [1.29, 1.82) is 0 Å². The number of amides is 2. The van der Waals surface area contributed by atoms with E-state index in [2.05, 4.69) is 10.6 Å². The summed E-state index contributed by atoms with van der Waals surface area (Å²) in [4.78, 5) is 35.0. The number of carbonyl (C=O) groups is 3. The van der Waals surface area contributed by atoms with Crippen LogP contribution in [0.3, 0.4) is 0 Å². The van der Waals surface area contributed by atoms with Crippen molar-refractivity contribution >= 4 is 17.8 Å². The Morgan fingerprint density at radius 2 is 1.76 bits per heavy atom. The molecule has 2 amide bonds. The van der Waals surface area contributed by atoms with Gasteiger partial charge in [-0.05, 0) is 37.8 Å². The monoisotopic (exact) mass is 290 g/mol. The molecule has 112 valence electrons. The van der Waals surface area contributed by atoms with E-state index in [0.29, 0.717) is 5.56 Å². The van der Waals surface area contributed by atoms with Crippen LogP contribution in [-0.2, 0) is 9.59 Å². The topological polar surface area (TPSA) is 95.5 Å². The zero-order valence-corrected chi connectivity index (χ0v) is 11.7. The Morgan fingerprint density at radius 3 is 2.29 bits per heavy atom. The van der Waals surface area contributed by atoms with Gasteiger partial charge in [-0.25, -0.2) is 4.79 Å². The van der Waals surface area contributed by atoms with Crippen LogP contribution >= 0.6 is 0 Å². The number of hydrogen-bond acceptors (Lipinski definition) is 3. The molecule has 1 aromatic rings. The smallest absolute Gasteiger partial charge is 0.326 e. The fourth-order valence-corrected chi connectivity index (χ4v) is 2.02. The summed E-state index contributed by atoms with van der Waals surface area (Å²) in [6.07, 6.45) is 1.62. The number of carboxylic acids is 1. The first-order chi connectivity index (χ1) is 9.99. The number of nitrogens with one attached hydrogen (secondary N) is 2. The van der Waals surface area contributed by atoms with Crippen molar-refractivity contribution < 1.29 is 19.5 Å². The first kappa shape index (κ1) is 15.0. The molecule has 2 rings (SSSR count). The van der Waals surface area contributed by atoms with Gasteiger partial charge in [0.15, 0.2) is 0 Å². The Kier molecular flexibility index (Phi) is 4.57. The van der Waals surface area contributed by atoms with Crippen molar-refractivity contribution in [2.24, 2.45) is 5.92 Å². The molecule has 6 nitrogen and oxygen atoms in total. The minimum Gasteiger partial charge on any atom is -0.480 e. The molecule has 6 heteroatoms. The van der Waals surface area contributed by atoms with E-state index in [4.69, 9.17) is 5.11 Å². The lowest BCUT2D eigenvalue weighted by Gasteiger charge is -2.18. The Hall–Kier alpha value is -2.37. The molecule has 0 heterocycles. The highest BCUT2D eigenvalue weighted by atomic mass is 16.4. The summed E-state index contributed by atoms with van der Waals surface area (Å²) in [5.41, 5.74) is 0.453. The van der Waals surface area contributed by atoms with E-state index >= 15 is 0 Å². The van der Waals surface area contributed by atoms with Crippen LogP contribution in [0.2, 0.25) is 0 Å². The zero-order valence-electron chi connectivity index (χ0n) is 11.7. The molecule has 1 aromatic carbocycles. The second-order valence-corrected chi connectivity index (χ2v) is 5.22. The van der Waals surface area contributed by atoms with Gasteiger partial charge in [-0.3, -0.25) is 9.59 Å². The van der Waals surface area contributed by atoms with E-state index in [1.165, 1.54) is 6.92 Å². The van der Waals surface area contributed by atoms with Gasteiger partial charge in [-0.1, -0.05) is 18.2 Å². The van der Waals surface area contributed by atoms with Crippen molar-refractivity contribution in [3.8, 4) is 0 Å². The van der Waals surface area contributed by atoms with Gasteiger partial charge in [0.2, 0.25) is 5.91 Å². The lowest BCUT2D eigenvalue weighted by atomic mass is 10.1. The first-order valence-electron chi connectivity index (χ1n) is 6.88. The Bertz CT molecular complexity index is 540. The molecule has 21 heavy (non-hydrogen) atoms. The maximum Gasteiger partial charge on any atom is 0.326 e. The van der Waals surface area contributed by atoms with E-state index in [1.54, 1.807) is 30.3 Å². The van der Waals surface area contributed by atoms with Crippen molar-refractivity contribution in [2.75, 3.05) is 0 Å². The van der Waals surface area contributed by atoms with Gasteiger partial charge in [0.25, 0.3) is 5.91 Å². The minimum atomic E-state index is -1.03. The normalized spacial score (nSPS) is 16.6. The molecule has 0 saturated heterocycles. The molecule has 0 aliphatic heterocycles. The lowest BCUT2D eigenvalue weighted by Crippen LogP contribution is -2.51. The summed E-state index contributed by atoms with van der Waals surface area (Å²) in [7, 11) is 0. The third-order valence-corrected chi connectivity index (χ3v) is 3.43. The van der Waals surface area contributed by atoms with Crippen LogP contribution in [0.1, 0.15) is 30.1 Å².